The first-order chi connectivity index (χ1) is 13.1. The molecule has 1 saturated carbocycles. The van der Waals surface area contributed by atoms with Crippen molar-refractivity contribution in [1.82, 2.24) is 9.88 Å². The molecule has 0 radical (unpaired) electrons. The van der Waals surface area contributed by atoms with Crippen molar-refractivity contribution in [2.75, 3.05) is 19.7 Å². The number of hydrogen-bond acceptors (Lipinski definition) is 4. The molecular formula is C21H23ClN2O3. The van der Waals surface area contributed by atoms with Crippen LogP contribution in [0.25, 0.3) is 0 Å². The van der Waals surface area contributed by atoms with Crippen molar-refractivity contribution in [3.05, 3.63) is 53.2 Å². The monoisotopic (exact) mass is 386 g/mol. The zero-order valence-corrected chi connectivity index (χ0v) is 16.1. The quantitative estimate of drug-likeness (QED) is 0.755. The highest BCUT2D eigenvalue weighted by Crippen LogP contribution is 2.49. The van der Waals surface area contributed by atoms with E-state index in [1.807, 2.05) is 11.8 Å². The zero-order chi connectivity index (χ0) is 18.9. The Balaban J connectivity index is 1.40. The Hall–Kier alpha value is -2.11. The molecule has 1 saturated heterocycles. The lowest BCUT2D eigenvalue weighted by Gasteiger charge is -2.44. The fraction of sp³-hybridized carbons (Fsp3) is 0.429. The molecule has 2 heterocycles. The molecule has 4 rings (SSSR count). The standard InChI is InChI=1S/C21H23ClN2O3/c1-2-26-17-12-21(13-17)10-11-24(14-21)20(25)18-4-3-5-19(23-18)27-16-8-6-15(22)7-9-16/h3-9,17H,2,10-14H2,1H3. The number of carbonyl (C=O) groups excluding carboxylic acids is 1. The van der Waals surface area contributed by atoms with Gasteiger partial charge in [0.25, 0.3) is 5.91 Å². The second-order valence-electron chi connectivity index (χ2n) is 7.38. The number of hydrogen-bond donors (Lipinski definition) is 0. The van der Waals surface area contributed by atoms with Gasteiger partial charge in [0.05, 0.1) is 6.10 Å². The van der Waals surface area contributed by atoms with Crippen molar-refractivity contribution in [3.8, 4) is 11.6 Å². The van der Waals surface area contributed by atoms with Gasteiger partial charge in [-0.2, -0.15) is 0 Å². The molecule has 2 aliphatic rings. The van der Waals surface area contributed by atoms with E-state index in [2.05, 4.69) is 4.98 Å². The molecule has 6 heteroatoms. The average Bonchev–Trinajstić information content (AvgIpc) is 3.09. The molecule has 0 unspecified atom stereocenters. The minimum absolute atomic E-state index is 0.0340. The highest BCUT2D eigenvalue weighted by atomic mass is 35.5. The van der Waals surface area contributed by atoms with E-state index in [0.29, 0.717) is 28.5 Å². The summed E-state index contributed by atoms with van der Waals surface area (Å²) in [5.74, 6) is 0.999. The van der Waals surface area contributed by atoms with Gasteiger partial charge >= 0.3 is 0 Å². The van der Waals surface area contributed by atoms with Crippen molar-refractivity contribution in [2.45, 2.75) is 32.3 Å². The molecule has 0 bridgehead atoms. The van der Waals surface area contributed by atoms with E-state index in [0.717, 1.165) is 39.0 Å². The van der Waals surface area contributed by atoms with Crippen LogP contribution in [0.1, 0.15) is 36.7 Å². The maximum atomic E-state index is 12.9. The summed E-state index contributed by atoms with van der Waals surface area (Å²) in [4.78, 5) is 19.2. The summed E-state index contributed by atoms with van der Waals surface area (Å²) >= 11 is 5.89. The minimum atomic E-state index is -0.0340. The second kappa shape index (κ2) is 7.49. The van der Waals surface area contributed by atoms with Crippen LogP contribution < -0.4 is 4.74 Å². The summed E-state index contributed by atoms with van der Waals surface area (Å²) in [7, 11) is 0. The number of likely N-dealkylation sites (tertiary alicyclic amines) is 1. The van der Waals surface area contributed by atoms with Crippen LogP contribution in [0.4, 0.5) is 0 Å². The van der Waals surface area contributed by atoms with Gasteiger partial charge in [-0.25, -0.2) is 4.98 Å². The number of ether oxygens (including phenoxy) is 2. The third kappa shape index (κ3) is 3.94. The van der Waals surface area contributed by atoms with Crippen LogP contribution in [0.3, 0.4) is 0 Å². The molecule has 142 valence electrons. The number of amides is 1. The third-order valence-corrected chi connectivity index (χ3v) is 5.68. The highest BCUT2D eigenvalue weighted by molar-refractivity contribution is 6.30. The fourth-order valence-corrected chi connectivity index (χ4v) is 4.20. The first-order valence-corrected chi connectivity index (χ1v) is 9.76. The molecular weight excluding hydrogens is 364 g/mol. The maximum Gasteiger partial charge on any atom is 0.272 e. The molecule has 1 aromatic carbocycles. The number of benzene rings is 1. The van der Waals surface area contributed by atoms with Crippen LogP contribution in [0.5, 0.6) is 11.6 Å². The Morgan fingerprint density at radius 1 is 1.26 bits per heavy atom. The van der Waals surface area contributed by atoms with E-state index in [9.17, 15) is 4.79 Å². The number of halogens is 1. The van der Waals surface area contributed by atoms with Gasteiger partial charge in [0.15, 0.2) is 0 Å². The lowest BCUT2D eigenvalue weighted by atomic mass is 9.66. The van der Waals surface area contributed by atoms with Crippen LogP contribution in [0, 0.1) is 5.41 Å². The van der Waals surface area contributed by atoms with E-state index in [-0.39, 0.29) is 11.3 Å². The SMILES string of the molecule is CCOC1CC2(CCN(C(=O)c3cccc(Oc4ccc(Cl)cc4)n3)C2)C1. The molecule has 0 atom stereocenters. The van der Waals surface area contributed by atoms with E-state index in [1.165, 1.54) is 0 Å². The molecule has 1 spiro atoms. The number of nitrogens with zero attached hydrogens (tertiary/aromatic N) is 2. The molecule has 0 N–H and O–H groups in total. The summed E-state index contributed by atoms with van der Waals surface area (Å²) in [6.07, 6.45) is 3.51. The van der Waals surface area contributed by atoms with Gasteiger partial charge in [-0.15, -0.1) is 0 Å². The highest BCUT2D eigenvalue weighted by Gasteiger charge is 2.49. The van der Waals surface area contributed by atoms with Crippen LogP contribution in [0.15, 0.2) is 42.5 Å². The Bertz CT molecular complexity index is 818. The molecule has 1 aliphatic carbocycles. The van der Waals surface area contributed by atoms with Crippen LogP contribution in [-0.2, 0) is 4.74 Å². The number of rotatable bonds is 5. The smallest absolute Gasteiger partial charge is 0.272 e. The molecule has 5 nitrogen and oxygen atoms in total. The van der Waals surface area contributed by atoms with E-state index >= 15 is 0 Å². The van der Waals surface area contributed by atoms with Gasteiger partial charge in [0.2, 0.25) is 5.88 Å². The summed E-state index contributed by atoms with van der Waals surface area (Å²) in [5, 5.41) is 0.643. The van der Waals surface area contributed by atoms with Gasteiger partial charge in [-0.3, -0.25) is 4.79 Å². The number of carbonyl (C=O) groups is 1. The normalized spacial score (nSPS) is 24.1. The number of pyridine rings is 1. The largest absolute Gasteiger partial charge is 0.439 e. The van der Waals surface area contributed by atoms with Crippen LogP contribution in [-0.4, -0.2) is 41.6 Å². The van der Waals surface area contributed by atoms with Gasteiger partial charge in [-0.05, 0) is 61.9 Å². The van der Waals surface area contributed by atoms with E-state index in [4.69, 9.17) is 21.1 Å². The Morgan fingerprint density at radius 3 is 2.78 bits per heavy atom. The summed E-state index contributed by atoms with van der Waals surface area (Å²) in [5.41, 5.74) is 0.659. The van der Waals surface area contributed by atoms with Crippen molar-refractivity contribution in [2.24, 2.45) is 5.41 Å². The lowest BCUT2D eigenvalue weighted by Crippen LogP contribution is -2.45. The third-order valence-electron chi connectivity index (χ3n) is 5.43. The summed E-state index contributed by atoms with van der Waals surface area (Å²) in [6.45, 7) is 4.36. The van der Waals surface area contributed by atoms with Crippen LogP contribution in [0.2, 0.25) is 5.02 Å². The molecule has 27 heavy (non-hydrogen) atoms. The Labute approximate surface area is 164 Å². The lowest BCUT2D eigenvalue weighted by molar-refractivity contribution is -0.0708. The van der Waals surface area contributed by atoms with Gasteiger partial charge in [0, 0.05) is 30.8 Å². The fourth-order valence-electron chi connectivity index (χ4n) is 4.08. The van der Waals surface area contributed by atoms with Crippen molar-refractivity contribution < 1.29 is 14.3 Å². The molecule has 1 aliphatic heterocycles. The van der Waals surface area contributed by atoms with E-state index < -0.39 is 0 Å². The number of aromatic nitrogens is 1. The molecule has 1 aromatic heterocycles. The zero-order valence-electron chi connectivity index (χ0n) is 15.4. The molecule has 1 amide bonds. The Kier molecular flexibility index (Phi) is 5.06. The maximum absolute atomic E-state index is 12.9. The summed E-state index contributed by atoms with van der Waals surface area (Å²) in [6, 6.07) is 12.3. The topological polar surface area (TPSA) is 51.7 Å². The first-order valence-electron chi connectivity index (χ1n) is 9.38. The second-order valence-corrected chi connectivity index (χ2v) is 7.82. The van der Waals surface area contributed by atoms with Gasteiger partial charge in [-0.1, -0.05) is 17.7 Å². The van der Waals surface area contributed by atoms with E-state index in [1.54, 1.807) is 42.5 Å². The summed E-state index contributed by atoms with van der Waals surface area (Å²) < 4.78 is 11.4. The van der Waals surface area contributed by atoms with Crippen molar-refractivity contribution in [3.63, 3.8) is 0 Å². The Morgan fingerprint density at radius 2 is 2.04 bits per heavy atom. The predicted molar refractivity (Wildman–Crippen MR) is 103 cm³/mol. The van der Waals surface area contributed by atoms with Gasteiger partial charge in [0.1, 0.15) is 11.4 Å². The average molecular weight is 387 g/mol. The molecule has 2 fully saturated rings. The molecule has 2 aromatic rings. The van der Waals surface area contributed by atoms with Crippen LogP contribution >= 0.6 is 11.6 Å². The van der Waals surface area contributed by atoms with Crippen molar-refractivity contribution in [1.29, 1.82) is 0 Å². The van der Waals surface area contributed by atoms with Crippen molar-refractivity contribution >= 4 is 17.5 Å². The first kappa shape index (κ1) is 18.3. The minimum Gasteiger partial charge on any atom is -0.439 e. The predicted octanol–water partition coefficient (Wildman–Crippen LogP) is 4.56. The van der Waals surface area contributed by atoms with Gasteiger partial charge < -0.3 is 14.4 Å².